The zero-order valence-electron chi connectivity index (χ0n) is 9.39. The molecule has 1 saturated carbocycles. The number of hydrogen-bond acceptors (Lipinski definition) is 2. The highest BCUT2D eigenvalue weighted by Crippen LogP contribution is 2.26. The normalized spacial score (nSPS) is 19.4. The van der Waals surface area contributed by atoms with Gasteiger partial charge in [0, 0.05) is 0 Å². The van der Waals surface area contributed by atoms with Crippen molar-refractivity contribution in [1.29, 1.82) is 5.26 Å². The maximum atomic E-state index is 12.0. The predicted molar refractivity (Wildman–Crippen MR) is 54.8 cm³/mol. The number of hydrogen-bond donors (Lipinski definition) is 1. The summed E-state index contributed by atoms with van der Waals surface area (Å²) in [6.45, 7) is 0. The third-order valence-electron chi connectivity index (χ3n) is 2.94. The summed E-state index contributed by atoms with van der Waals surface area (Å²) in [4.78, 5) is 11.1. The van der Waals surface area contributed by atoms with E-state index < -0.39 is 24.5 Å². The van der Waals surface area contributed by atoms with E-state index in [1.807, 2.05) is 6.07 Å². The first-order valence-electron chi connectivity index (χ1n) is 5.68. The van der Waals surface area contributed by atoms with Gasteiger partial charge in [-0.2, -0.15) is 18.4 Å². The number of carbonyl (C=O) groups excluding carboxylic acids is 1. The van der Waals surface area contributed by atoms with Gasteiger partial charge >= 0.3 is 6.18 Å². The van der Waals surface area contributed by atoms with Crippen LogP contribution >= 0.6 is 0 Å². The second-order valence-corrected chi connectivity index (χ2v) is 4.36. The first kappa shape index (κ1) is 13.8. The highest BCUT2D eigenvalue weighted by atomic mass is 19.4. The molecule has 1 atom stereocenters. The topological polar surface area (TPSA) is 52.9 Å². The molecule has 1 aliphatic rings. The molecule has 1 amide bonds. The summed E-state index contributed by atoms with van der Waals surface area (Å²) in [7, 11) is 0. The van der Waals surface area contributed by atoms with Gasteiger partial charge in [-0.1, -0.05) is 19.3 Å². The van der Waals surface area contributed by atoms with E-state index in [1.54, 1.807) is 0 Å². The first-order chi connectivity index (χ1) is 7.92. The monoisotopic (exact) mass is 248 g/mol. The van der Waals surface area contributed by atoms with Crippen molar-refractivity contribution in [2.75, 3.05) is 0 Å². The Morgan fingerprint density at radius 1 is 1.35 bits per heavy atom. The van der Waals surface area contributed by atoms with Crippen molar-refractivity contribution in [2.24, 2.45) is 5.92 Å². The lowest BCUT2D eigenvalue weighted by molar-refractivity contribution is -0.154. The molecule has 1 aliphatic carbocycles. The molecule has 0 heterocycles. The number of nitriles is 1. The van der Waals surface area contributed by atoms with Crippen molar-refractivity contribution in [1.82, 2.24) is 5.32 Å². The Morgan fingerprint density at radius 3 is 2.41 bits per heavy atom. The minimum Gasteiger partial charge on any atom is -0.340 e. The second-order valence-electron chi connectivity index (χ2n) is 4.36. The molecule has 0 aliphatic heterocycles. The van der Waals surface area contributed by atoms with Crippen LogP contribution in [0.4, 0.5) is 13.2 Å². The van der Waals surface area contributed by atoms with Gasteiger partial charge in [0.25, 0.3) is 0 Å². The first-order valence-corrected chi connectivity index (χ1v) is 5.68. The molecule has 6 heteroatoms. The maximum Gasteiger partial charge on any atom is 0.397 e. The molecular formula is C11H15F3N2O. The number of amides is 1. The fourth-order valence-electron chi connectivity index (χ4n) is 2.13. The molecular weight excluding hydrogens is 233 g/mol. The van der Waals surface area contributed by atoms with E-state index in [-0.39, 0.29) is 5.92 Å². The van der Waals surface area contributed by atoms with Crippen molar-refractivity contribution in [2.45, 2.75) is 50.7 Å². The molecule has 1 fully saturated rings. The molecule has 3 nitrogen and oxygen atoms in total. The lowest BCUT2D eigenvalue weighted by Crippen LogP contribution is -2.41. The summed E-state index contributed by atoms with van der Waals surface area (Å²) in [6.07, 6.45) is -1.41. The van der Waals surface area contributed by atoms with E-state index in [4.69, 9.17) is 5.26 Å². The Kier molecular flexibility index (Phi) is 4.79. The number of carbonyl (C=O) groups is 1. The summed E-state index contributed by atoms with van der Waals surface area (Å²) in [5.41, 5.74) is 0. The molecule has 0 aromatic carbocycles. The number of rotatable bonds is 3. The number of nitrogens with zero attached hydrogens (tertiary/aromatic N) is 1. The molecule has 0 radical (unpaired) electrons. The van der Waals surface area contributed by atoms with Gasteiger partial charge in [0.15, 0.2) is 0 Å². The zero-order valence-corrected chi connectivity index (χ0v) is 9.39. The molecule has 17 heavy (non-hydrogen) atoms. The number of halogens is 3. The lowest BCUT2D eigenvalue weighted by Gasteiger charge is -2.26. The van der Waals surface area contributed by atoms with Crippen molar-refractivity contribution < 1.29 is 18.0 Å². The van der Waals surface area contributed by atoms with Gasteiger partial charge < -0.3 is 5.32 Å². The molecule has 1 rings (SSSR count). The van der Waals surface area contributed by atoms with Crippen molar-refractivity contribution in [3.8, 4) is 6.07 Å². The largest absolute Gasteiger partial charge is 0.397 e. The molecule has 0 aromatic rings. The number of nitrogens with one attached hydrogen (secondary N) is 1. The van der Waals surface area contributed by atoms with Crippen LogP contribution in [0, 0.1) is 17.2 Å². The Hall–Kier alpha value is -1.25. The molecule has 0 spiro atoms. The van der Waals surface area contributed by atoms with Crippen LogP contribution < -0.4 is 5.32 Å². The standard InChI is InChI=1S/C11H15F3N2O/c12-11(13,14)6-10(17)16-9(7-15)8-4-2-1-3-5-8/h8-9H,1-6H2,(H,16,17). The maximum absolute atomic E-state index is 12.0. The summed E-state index contributed by atoms with van der Waals surface area (Å²) in [5.74, 6) is -1.12. The van der Waals surface area contributed by atoms with E-state index in [0.29, 0.717) is 0 Å². The second kappa shape index (κ2) is 5.89. The summed E-state index contributed by atoms with van der Waals surface area (Å²) in [6, 6.07) is 1.10. The molecule has 1 N–H and O–H groups in total. The zero-order chi connectivity index (χ0) is 12.9. The Labute approximate surface area is 98.0 Å². The van der Waals surface area contributed by atoms with Gasteiger partial charge in [0.05, 0.1) is 6.07 Å². The third kappa shape index (κ3) is 5.07. The fraction of sp³-hybridized carbons (Fsp3) is 0.818. The molecule has 1 unspecified atom stereocenters. The highest BCUT2D eigenvalue weighted by Gasteiger charge is 2.33. The Bertz CT molecular complexity index is 303. The summed E-state index contributed by atoms with van der Waals surface area (Å²) >= 11 is 0. The molecule has 96 valence electrons. The Balaban J connectivity index is 2.46. The Morgan fingerprint density at radius 2 is 1.94 bits per heavy atom. The van der Waals surface area contributed by atoms with Crippen LogP contribution in [0.2, 0.25) is 0 Å². The van der Waals surface area contributed by atoms with Crippen molar-refractivity contribution in [3.05, 3.63) is 0 Å². The smallest absolute Gasteiger partial charge is 0.340 e. The van der Waals surface area contributed by atoms with Crippen LogP contribution in [0.5, 0.6) is 0 Å². The van der Waals surface area contributed by atoms with Gasteiger partial charge in [-0.3, -0.25) is 4.79 Å². The quantitative estimate of drug-likeness (QED) is 0.834. The molecule has 0 bridgehead atoms. The average molecular weight is 248 g/mol. The van der Waals surface area contributed by atoms with Crippen molar-refractivity contribution in [3.63, 3.8) is 0 Å². The van der Waals surface area contributed by atoms with Gasteiger partial charge in [-0.15, -0.1) is 0 Å². The van der Waals surface area contributed by atoms with Gasteiger partial charge in [0.1, 0.15) is 12.5 Å². The van der Waals surface area contributed by atoms with Gasteiger partial charge in [-0.05, 0) is 18.8 Å². The molecule has 0 saturated heterocycles. The van der Waals surface area contributed by atoms with Crippen LogP contribution in [0.25, 0.3) is 0 Å². The third-order valence-corrected chi connectivity index (χ3v) is 2.94. The van der Waals surface area contributed by atoms with E-state index in [9.17, 15) is 18.0 Å². The number of alkyl halides is 3. The predicted octanol–water partition coefficient (Wildman–Crippen LogP) is 2.53. The fourth-order valence-corrected chi connectivity index (χ4v) is 2.13. The van der Waals surface area contributed by atoms with E-state index >= 15 is 0 Å². The van der Waals surface area contributed by atoms with Crippen LogP contribution in [-0.2, 0) is 4.79 Å². The van der Waals surface area contributed by atoms with Gasteiger partial charge in [0.2, 0.25) is 5.91 Å². The highest BCUT2D eigenvalue weighted by molar-refractivity contribution is 5.77. The minimum absolute atomic E-state index is 0.00839. The van der Waals surface area contributed by atoms with Crippen LogP contribution in [0.1, 0.15) is 38.5 Å². The van der Waals surface area contributed by atoms with Crippen LogP contribution in [0.15, 0.2) is 0 Å². The SMILES string of the molecule is N#CC(NC(=O)CC(F)(F)F)C1CCCCC1. The van der Waals surface area contributed by atoms with Crippen LogP contribution in [-0.4, -0.2) is 18.1 Å². The minimum atomic E-state index is -4.52. The molecule has 0 aromatic heterocycles. The van der Waals surface area contributed by atoms with E-state index in [1.165, 1.54) is 0 Å². The average Bonchev–Trinajstić information content (AvgIpc) is 2.24. The lowest BCUT2D eigenvalue weighted by atomic mass is 9.84. The van der Waals surface area contributed by atoms with Crippen molar-refractivity contribution >= 4 is 5.91 Å². The van der Waals surface area contributed by atoms with Crippen LogP contribution in [0.3, 0.4) is 0 Å². The van der Waals surface area contributed by atoms with E-state index in [0.717, 1.165) is 32.1 Å². The summed E-state index contributed by atoms with van der Waals surface area (Å²) in [5, 5.41) is 11.1. The summed E-state index contributed by atoms with van der Waals surface area (Å²) < 4.78 is 35.9. The van der Waals surface area contributed by atoms with E-state index in [2.05, 4.69) is 5.32 Å². The van der Waals surface area contributed by atoms with Gasteiger partial charge in [-0.25, -0.2) is 0 Å².